The Morgan fingerprint density at radius 3 is 1.79 bits per heavy atom. The lowest BCUT2D eigenvalue weighted by Gasteiger charge is -2.30. The topological polar surface area (TPSA) is 119 Å². The van der Waals surface area contributed by atoms with Gasteiger partial charge in [0.05, 0.1) is 4.90 Å². The molecule has 1 unspecified atom stereocenters. The number of ether oxygens (including phenoxy) is 1. The van der Waals surface area contributed by atoms with Crippen molar-refractivity contribution in [1.82, 2.24) is 4.72 Å². The molecule has 2 amide bonds. The van der Waals surface area contributed by atoms with E-state index in [4.69, 9.17) is 16.3 Å². The Hall–Kier alpha value is -1.97. The van der Waals surface area contributed by atoms with E-state index in [2.05, 4.69) is 12.2 Å². The zero-order valence-electron chi connectivity index (χ0n) is 26.4. The maximum absolute atomic E-state index is 13.3. The first-order valence-corrected chi connectivity index (χ1v) is 17.5. The minimum atomic E-state index is -4.12. The van der Waals surface area contributed by atoms with Gasteiger partial charge in [0.2, 0.25) is 5.91 Å². The number of carbonyl (C=O) groups is 3. The van der Waals surface area contributed by atoms with Crippen LogP contribution in [0.1, 0.15) is 131 Å². The first-order chi connectivity index (χ1) is 19.8. The molecule has 0 fully saturated rings. The van der Waals surface area contributed by atoms with Crippen molar-refractivity contribution in [3.05, 3.63) is 24.3 Å². The molecule has 10 heteroatoms. The van der Waals surface area contributed by atoms with Gasteiger partial charge in [-0.1, -0.05) is 136 Å². The van der Waals surface area contributed by atoms with E-state index in [-0.39, 0.29) is 23.6 Å². The Bertz CT molecular complexity index is 1090. The maximum atomic E-state index is 13.3. The van der Waals surface area contributed by atoms with E-state index in [1.807, 2.05) is 4.72 Å². The maximum Gasteiger partial charge on any atom is 0.281 e. The molecule has 1 aromatic rings. The first kappa shape index (κ1) is 38.1. The molecule has 42 heavy (non-hydrogen) atoms. The molecule has 0 saturated heterocycles. The van der Waals surface area contributed by atoms with Gasteiger partial charge in [-0.15, -0.1) is 0 Å². The summed E-state index contributed by atoms with van der Waals surface area (Å²) in [5.41, 5.74) is -0.872. The van der Waals surface area contributed by atoms with E-state index in [1.54, 1.807) is 20.8 Å². The molecule has 8 nitrogen and oxygen atoms in total. The lowest BCUT2D eigenvalue weighted by atomic mass is 9.86. The van der Waals surface area contributed by atoms with Crippen molar-refractivity contribution in [1.29, 1.82) is 0 Å². The van der Waals surface area contributed by atoms with Crippen LogP contribution in [-0.4, -0.2) is 37.7 Å². The normalized spacial score (nSPS) is 13.4. The number of hydrogen-bond acceptors (Lipinski definition) is 6. The summed E-state index contributed by atoms with van der Waals surface area (Å²) in [4.78, 5) is 37.9. The molecule has 0 aliphatic rings. The van der Waals surface area contributed by atoms with Crippen LogP contribution in [-0.2, 0) is 29.1 Å². The fraction of sp³-hybridized carbons (Fsp3) is 0.719. The van der Waals surface area contributed by atoms with Crippen LogP contribution in [0.25, 0.3) is 0 Å². The van der Waals surface area contributed by atoms with Crippen molar-refractivity contribution in [3.63, 3.8) is 0 Å². The molecule has 0 aliphatic heterocycles. The van der Waals surface area contributed by atoms with Crippen LogP contribution in [0.5, 0.6) is 0 Å². The Morgan fingerprint density at radius 1 is 0.810 bits per heavy atom. The summed E-state index contributed by atoms with van der Waals surface area (Å²) in [5.74, 6) is -2.16. The van der Waals surface area contributed by atoms with Gasteiger partial charge in [0, 0.05) is 24.1 Å². The number of amides is 2. The summed E-state index contributed by atoms with van der Waals surface area (Å²) in [7, 11) is -4.12. The molecule has 240 valence electrons. The van der Waals surface area contributed by atoms with E-state index in [9.17, 15) is 22.8 Å². The largest absolute Gasteiger partial charge is 0.345 e. The number of unbranched alkanes of at least 4 members (excludes halogenated alkanes) is 13. The number of sulfonamides is 1. The van der Waals surface area contributed by atoms with Crippen LogP contribution < -0.4 is 10.0 Å². The van der Waals surface area contributed by atoms with Gasteiger partial charge in [-0.2, -0.15) is 0 Å². The summed E-state index contributed by atoms with van der Waals surface area (Å²) >= 11 is 6.59. The molecular formula is C32H53ClN2O6S. The van der Waals surface area contributed by atoms with Gasteiger partial charge in [0.1, 0.15) is 0 Å². The number of ketones is 1. The van der Waals surface area contributed by atoms with Gasteiger partial charge in [-0.25, -0.2) is 13.1 Å². The summed E-state index contributed by atoms with van der Waals surface area (Å²) in [5, 5.41) is 0.246. The Balaban J connectivity index is 2.60. The minimum absolute atomic E-state index is 0.00398. The van der Waals surface area contributed by atoms with E-state index in [1.165, 1.54) is 95.4 Å². The van der Waals surface area contributed by atoms with Crippen molar-refractivity contribution in [2.24, 2.45) is 5.41 Å². The van der Waals surface area contributed by atoms with Crippen LogP contribution >= 0.6 is 11.6 Å². The number of carbonyl (C=O) groups excluding carboxylic acids is 3. The molecule has 0 bridgehead atoms. The lowest BCUT2D eigenvalue weighted by Crippen LogP contribution is -2.52. The minimum Gasteiger partial charge on any atom is -0.345 e. The van der Waals surface area contributed by atoms with Gasteiger partial charge in [-0.05, 0) is 24.6 Å². The highest BCUT2D eigenvalue weighted by Gasteiger charge is 2.50. The quantitative estimate of drug-likeness (QED) is 0.0765. The van der Waals surface area contributed by atoms with Crippen molar-refractivity contribution in [2.75, 3.05) is 11.9 Å². The van der Waals surface area contributed by atoms with Gasteiger partial charge in [0.25, 0.3) is 21.0 Å². The highest BCUT2D eigenvalue weighted by molar-refractivity contribution is 7.90. The molecular weight excluding hydrogens is 576 g/mol. The van der Waals surface area contributed by atoms with Crippen LogP contribution in [0, 0.1) is 5.41 Å². The third kappa shape index (κ3) is 14.0. The van der Waals surface area contributed by atoms with Crippen molar-refractivity contribution in [3.8, 4) is 0 Å². The van der Waals surface area contributed by atoms with Crippen LogP contribution in [0.4, 0.5) is 5.69 Å². The standard InChI is InChI=1S/C32H53ClN2O6S/c1-6-8-9-10-11-12-13-14-15-16-17-18-19-20-24-41-32(33,29(37)31(3,4)5)30(38)34-26-22-21-23-27(25-26)42(39,40)35-28(36)7-2/h21-23,25H,6-20,24H2,1-5H3,(H,34,38)(H,35,36). The molecule has 1 rings (SSSR count). The van der Waals surface area contributed by atoms with E-state index < -0.39 is 38.1 Å². The molecule has 1 aromatic carbocycles. The van der Waals surface area contributed by atoms with Crippen LogP contribution in [0.15, 0.2) is 29.2 Å². The molecule has 0 saturated carbocycles. The number of benzene rings is 1. The summed E-state index contributed by atoms with van der Waals surface area (Å²) < 4.78 is 32.7. The number of rotatable bonds is 22. The highest BCUT2D eigenvalue weighted by Crippen LogP contribution is 2.31. The molecule has 1 atom stereocenters. The number of anilines is 1. The number of Topliss-reactive ketones (excluding diaryl/α,β-unsaturated/α-hetero) is 1. The smallest absolute Gasteiger partial charge is 0.281 e. The Morgan fingerprint density at radius 2 is 1.31 bits per heavy atom. The van der Waals surface area contributed by atoms with Crippen LogP contribution in [0.3, 0.4) is 0 Å². The van der Waals surface area contributed by atoms with E-state index >= 15 is 0 Å². The summed E-state index contributed by atoms with van der Waals surface area (Å²) in [6.07, 6.45) is 16.9. The summed E-state index contributed by atoms with van der Waals surface area (Å²) in [6.45, 7) is 8.87. The van der Waals surface area contributed by atoms with Gasteiger partial charge in [0.15, 0.2) is 5.78 Å². The van der Waals surface area contributed by atoms with E-state index in [0.29, 0.717) is 6.42 Å². The molecule has 0 aromatic heterocycles. The average molecular weight is 629 g/mol. The van der Waals surface area contributed by atoms with Crippen molar-refractivity contribution < 1.29 is 27.5 Å². The highest BCUT2D eigenvalue weighted by atomic mass is 35.5. The molecule has 0 heterocycles. The Kier molecular flexibility index (Phi) is 17.5. The molecule has 2 N–H and O–H groups in total. The zero-order chi connectivity index (χ0) is 31.7. The molecule has 0 aliphatic carbocycles. The van der Waals surface area contributed by atoms with Crippen molar-refractivity contribution in [2.45, 2.75) is 141 Å². The second-order valence-electron chi connectivity index (χ2n) is 12.0. The lowest BCUT2D eigenvalue weighted by molar-refractivity contribution is -0.151. The average Bonchev–Trinajstić information content (AvgIpc) is 2.93. The Labute approximate surface area is 259 Å². The van der Waals surface area contributed by atoms with Gasteiger partial charge in [-0.3, -0.25) is 14.4 Å². The first-order valence-electron chi connectivity index (χ1n) is 15.6. The number of hydrogen-bond donors (Lipinski definition) is 2. The second-order valence-corrected chi connectivity index (χ2v) is 14.2. The third-order valence-electron chi connectivity index (χ3n) is 7.04. The molecule has 0 spiro atoms. The fourth-order valence-corrected chi connectivity index (χ4v) is 5.97. The SMILES string of the molecule is CCCCCCCCCCCCCCCCOC(Cl)(C(=O)Nc1cccc(S(=O)(=O)NC(=O)CC)c1)C(=O)C(C)(C)C. The van der Waals surface area contributed by atoms with Gasteiger partial charge >= 0.3 is 0 Å². The predicted molar refractivity (Wildman–Crippen MR) is 170 cm³/mol. The van der Waals surface area contributed by atoms with Crippen LogP contribution in [0.2, 0.25) is 0 Å². The summed E-state index contributed by atoms with van der Waals surface area (Å²) in [6, 6.07) is 5.36. The zero-order valence-corrected chi connectivity index (χ0v) is 27.9. The van der Waals surface area contributed by atoms with E-state index in [0.717, 1.165) is 19.3 Å². The van der Waals surface area contributed by atoms with Gasteiger partial charge < -0.3 is 10.1 Å². The second kappa shape index (κ2) is 19.3. The molecule has 0 radical (unpaired) electrons. The third-order valence-corrected chi connectivity index (χ3v) is 8.86. The monoisotopic (exact) mass is 628 g/mol. The number of halogens is 1. The fourth-order valence-electron chi connectivity index (χ4n) is 4.46. The van der Waals surface area contributed by atoms with Crippen molar-refractivity contribution >= 4 is 44.9 Å². The number of nitrogens with one attached hydrogen (secondary N) is 2. The number of alkyl halides is 1. The predicted octanol–water partition coefficient (Wildman–Crippen LogP) is 7.89.